The number of aliphatic hydroxyl groups is 2. The van der Waals surface area contributed by atoms with E-state index in [4.69, 9.17) is 4.74 Å². The predicted molar refractivity (Wildman–Crippen MR) is 310 cm³/mol. The number of unbranched alkanes of at least 4 members (excludes halogenated alkanes) is 47. The van der Waals surface area contributed by atoms with Gasteiger partial charge in [0.2, 0.25) is 5.91 Å². The van der Waals surface area contributed by atoms with E-state index in [1.165, 1.54) is 276 Å². The second-order valence-corrected chi connectivity index (χ2v) is 22.1. The lowest BCUT2D eigenvalue weighted by Gasteiger charge is -2.20. The molecule has 0 rings (SSSR count). The molecular formula is C65H125NO5. The van der Waals surface area contributed by atoms with Gasteiger partial charge in [0.25, 0.3) is 0 Å². The van der Waals surface area contributed by atoms with Gasteiger partial charge in [0.05, 0.1) is 25.4 Å². The zero-order valence-electron chi connectivity index (χ0n) is 48.0. The van der Waals surface area contributed by atoms with Crippen molar-refractivity contribution in [3.05, 3.63) is 24.3 Å². The van der Waals surface area contributed by atoms with E-state index >= 15 is 0 Å². The Balaban J connectivity index is 3.46. The van der Waals surface area contributed by atoms with Crippen LogP contribution in [0.3, 0.4) is 0 Å². The fraction of sp³-hybridized carbons (Fsp3) is 0.908. The maximum atomic E-state index is 12.5. The summed E-state index contributed by atoms with van der Waals surface area (Å²) in [6.45, 7) is 4.92. The summed E-state index contributed by atoms with van der Waals surface area (Å²) >= 11 is 0. The Labute approximate surface area is 443 Å². The predicted octanol–water partition coefficient (Wildman–Crippen LogP) is 20.2. The highest BCUT2D eigenvalue weighted by molar-refractivity contribution is 5.76. The molecule has 0 heterocycles. The number of nitrogens with one attached hydrogen (secondary N) is 1. The van der Waals surface area contributed by atoms with Crippen molar-refractivity contribution in [2.45, 2.75) is 366 Å². The molecule has 420 valence electrons. The molecule has 0 aliphatic carbocycles. The molecule has 71 heavy (non-hydrogen) atoms. The fourth-order valence-corrected chi connectivity index (χ4v) is 10.0. The van der Waals surface area contributed by atoms with Gasteiger partial charge >= 0.3 is 5.97 Å². The van der Waals surface area contributed by atoms with Gasteiger partial charge in [0.1, 0.15) is 0 Å². The first-order valence-electron chi connectivity index (χ1n) is 32.1. The largest absolute Gasteiger partial charge is 0.466 e. The molecule has 0 saturated carbocycles. The van der Waals surface area contributed by atoms with E-state index in [1.54, 1.807) is 6.08 Å². The standard InChI is InChI=1S/C65H125NO5/c1-3-5-7-9-11-13-15-17-19-20-21-23-26-30-33-37-41-45-49-53-57-63(68)62(61-67)66-64(69)58-54-50-46-42-38-34-31-27-24-22-25-28-32-36-40-44-48-52-56-60-71-65(70)59-55-51-47-43-39-35-29-18-16-14-12-10-8-6-4-2/h22,24,53,57,62-63,67-68H,3-21,23,25-52,54-56,58-61H2,1-2H3,(H,66,69)/b24-22-,57-53+. The van der Waals surface area contributed by atoms with Crippen molar-refractivity contribution in [3.63, 3.8) is 0 Å². The van der Waals surface area contributed by atoms with Gasteiger partial charge in [-0.2, -0.15) is 0 Å². The molecule has 0 saturated heterocycles. The minimum absolute atomic E-state index is 0.00667. The van der Waals surface area contributed by atoms with Crippen molar-refractivity contribution in [1.29, 1.82) is 0 Å². The van der Waals surface area contributed by atoms with Gasteiger partial charge in [-0.3, -0.25) is 9.59 Å². The first-order valence-corrected chi connectivity index (χ1v) is 32.1. The third-order valence-electron chi connectivity index (χ3n) is 15.0. The summed E-state index contributed by atoms with van der Waals surface area (Å²) in [6.07, 6.45) is 75.0. The second kappa shape index (κ2) is 60.9. The average molecular weight is 1000 g/mol. The molecular weight excluding hydrogens is 875 g/mol. The van der Waals surface area contributed by atoms with Crippen LogP contribution in [0.5, 0.6) is 0 Å². The quantitative estimate of drug-likeness (QED) is 0.0320. The number of amides is 1. The summed E-state index contributed by atoms with van der Waals surface area (Å²) in [5, 5.41) is 23.2. The molecule has 2 unspecified atom stereocenters. The highest BCUT2D eigenvalue weighted by Gasteiger charge is 2.18. The molecule has 0 aliphatic rings. The normalized spacial score (nSPS) is 12.7. The Morgan fingerprint density at radius 3 is 1.00 bits per heavy atom. The van der Waals surface area contributed by atoms with Gasteiger partial charge in [-0.05, 0) is 57.8 Å². The minimum atomic E-state index is -0.851. The van der Waals surface area contributed by atoms with Crippen LogP contribution in [0.2, 0.25) is 0 Å². The van der Waals surface area contributed by atoms with Gasteiger partial charge in [0, 0.05) is 12.8 Å². The maximum Gasteiger partial charge on any atom is 0.305 e. The smallest absolute Gasteiger partial charge is 0.305 e. The zero-order chi connectivity index (χ0) is 51.4. The Morgan fingerprint density at radius 2 is 0.662 bits per heavy atom. The van der Waals surface area contributed by atoms with E-state index in [1.807, 2.05) is 6.08 Å². The van der Waals surface area contributed by atoms with Crippen molar-refractivity contribution < 1.29 is 24.5 Å². The molecule has 3 N–H and O–H groups in total. The van der Waals surface area contributed by atoms with Crippen LogP contribution in [0.25, 0.3) is 0 Å². The van der Waals surface area contributed by atoms with Crippen LogP contribution in [0, 0.1) is 0 Å². The zero-order valence-corrected chi connectivity index (χ0v) is 48.0. The SMILES string of the molecule is CCCCCCCCCCCCCCCCCCCC/C=C/C(O)C(CO)NC(=O)CCCCCCCCC/C=C\CCCCCCCCCCOC(=O)CCCCCCCCCCCCCCCCC. The minimum Gasteiger partial charge on any atom is -0.466 e. The average Bonchev–Trinajstić information content (AvgIpc) is 3.37. The number of rotatable bonds is 60. The third-order valence-corrected chi connectivity index (χ3v) is 15.0. The van der Waals surface area contributed by atoms with Crippen molar-refractivity contribution >= 4 is 11.9 Å². The molecule has 0 aliphatic heterocycles. The van der Waals surface area contributed by atoms with E-state index in [9.17, 15) is 19.8 Å². The van der Waals surface area contributed by atoms with Crippen LogP contribution < -0.4 is 5.32 Å². The number of aliphatic hydroxyl groups excluding tert-OH is 2. The summed E-state index contributed by atoms with van der Waals surface area (Å²) < 4.78 is 5.48. The summed E-state index contributed by atoms with van der Waals surface area (Å²) in [4.78, 5) is 24.6. The molecule has 6 heteroatoms. The van der Waals surface area contributed by atoms with Crippen molar-refractivity contribution in [3.8, 4) is 0 Å². The van der Waals surface area contributed by atoms with Crippen LogP contribution in [0.4, 0.5) is 0 Å². The van der Waals surface area contributed by atoms with Crippen LogP contribution in [0.15, 0.2) is 24.3 Å². The lowest BCUT2D eigenvalue weighted by Crippen LogP contribution is -2.45. The Morgan fingerprint density at radius 1 is 0.380 bits per heavy atom. The maximum absolute atomic E-state index is 12.5. The van der Waals surface area contributed by atoms with Gasteiger partial charge in [0.15, 0.2) is 0 Å². The molecule has 0 bridgehead atoms. The van der Waals surface area contributed by atoms with E-state index < -0.39 is 12.1 Å². The Hall–Kier alpha value is -1.66. The van der Waals surface area contributed by atoms with Crippen LogP contribution >= 0.6 is 0 Å². The number of ether oxygens (including phenoxy) is 1. The lowest BCUT2D eigenvalue weighted by atomic mass is 10.0. The van der Waals surface area contributed by atoms with E-state index in [-0.39, 0.29) is 18.5 Å². The molecule has 0 aromatic heterocycles. The Kier molecular flexibility index (Phi) is 59.5. The van der Waals surface area contributed by atoms with Crippen LogP contribution in [-0.4, -0.2) is 47.4 Å². The second-order valence-electron chi connectivity index (χ2n) is 22.1. The topological polar surface area (TPSA) is 95.9 Å². The fourth-order valence-electron chi connectivity index (χ4n) is 10.0. The molecule has 0 fully saturated rings. The molecule has 6 nitrogen and oxygen atoms in total. The number of hydrogen-bond donors (Lipinski definition) is 3. The summed E-state index contributed by atoms with van der Waals surface area (Å²) in [5.74, 6) is -0.0678. The summed E-state index contributed by atoms with van der Waals surface area (Å²) in [7, 11) is 0. The van der Waals surface area contributed by atoms with Gasteiger partial charge in [-0.25, -0.2) is 0 Å². The van der Waals surface area contributed by atoms with E-state index in [2.05, 4.69) is 31.3 Å². The summed E-state index contributed by atoms with van der Waals surface area (Å²) in [6, 6.07) is -0.635. The highest BCUT2D eigenvalue weighted by atomic mass is 16.5. The van der Waals surface area contributed by atoms with Crippen molar-refractivity contribution in [2.75, 3.05) is 13.2 Å². The van der Waals surface area contributed by atoms with E-state index in [0.29, 0.717) is 19.4 Å². The monoisotopic (exact) mass is 1000 g/mol. The number of esters is 1. The lowest BCUT2D eigenvalue weighted by molar-refractivity contribution is -0.143. The number of carbonyl (C=O) groups excluding carboxylic acids is 2. The molecule has 0 aromatic rings. The molecule has 0 aromatic carbocycles. The number of allylic oxidation sites excluding steroid dienone is 3. The number of carbonyl (C=O) groups is 2. The van der Waals surface area contributed by atoms with Crippen LogP contribution in [0.1, 0.15) is 354 Å². The highest BCUT2D eigenvalue weighted by Crippen LogP contribution is 2.18. The van der Waals surface area contributed by atoms with Crippen molar-refractivity contribution in [2.24, 2.45) is 0 Å². The van der Waals surface area contributed by atoms with Crippen molar-refractivity contribution in [1.82, 2.24) is 5.32 Å². The molecule has 0 radical (unpaired) electrons. The van der Waals surface area contributed by atoms with E-state index in [0.717, 1.165) is 51.4 Å². The molecule has 0 spiro atoms. The van der Waals surface area contributed by atoms with Crippen LogP contribution in [-0.2, 0) is 14.3 Å². The molecule has 1 amide bonds. The molecule has 2 atom stereocenters. The number of hydrogen-bond acceptors (Lipinski definition) is 5. The Bertz CT molecular complexity index is 1110. The summed E-state index contributed by atoms with van der Waals surface area (Å²) in [5.41, 5.74) is 0. The van der Waals surface area contributed by atoms with Gasteiger partial charge in [-0.15, -0.1) is 0 Å². The third kappa shape index (κ3) is 57.5. The van der Waals surface area contributed by atoms with Gasteiger partial charge in [-0.1, -0.05) is 308 Å². The first-order chi connectivity index (χ1) is 35.0. The first kappa shape index (κ1) is 69.3. The van der Waals surface area contributed by atoms with Gasteiger partial charge < -0.3 is 20.3 Å².